The smallest absolute Gasteiger partial charge is 0.165 e. The first kappa shape index (κ1) is 9.84. The molecule has 0 N–H and O–H groups in total. The molecule has 0 bridgehead atoms. The quantitative estimate of drug-likeness (QED) is 0.666. The van der Waals surface area contributed by atoms with Crippen LogP contribution in [0.4, 0.5) is 0 Å². The summed E-state index contributed by atoms with van der Waals surface area (Å²) in [5.41, 5.74) is 0.604. The third-order valence-corrected chi connectivity index (χ3v) is 1.83. The molecule has 0 atom stereocenters. The van der Waals surface area contributed by atoms with E-state index in [2.05, 4.69) is 9.97 Å². The fourth-order valence-corrected chi connectivity index (χ4v) is 0.984. The van der Waals surface area contributed by atoms with Crippen LogP contribution in [0.1, 0.15) is 49.3 Å². The normalized spacial score (nSPS) is 10.5. The zero-order valence-corrected chi connectivity index (χ0v) is 8.24. The van der Waals surface area contributed by atoms with Gasteiger partial charge >= 0.3 is 0 Å². The number of nitrogens with zero attached hydrogens (tertiary/aromatic N) is 2. The Morgan fingerprint density at radius 3 is 2.31 bits per heavy atom. The monoisotopic (exact) mass is 178 g/mol. The third-order valence-electron chi connectivity index (χ3n) is 1.83. The minimum Gasteiger partial charge on any atom is -0.294 e. The summed E-state index contributed by atoms with van der Waals surface area (Å²) < 4.78 is 0. The molecule has 1 rings (SSSR count). The summed E-state index contributed by atoms with van der Waals surface area (Å²) >= 11 is 0. The van der Waals surface area contributed by atoms with Crippen molar-refractivity contribution in [1.82, 2.24) is 9.97 Å². The lowest BCUT2D eigenvalue weighted by atomic mass is 10.1. The van der Waals surface area contributed by atoms with Gasteiger partial charge in [0.2, 0.25) is 0 Å². The number of hydrogen-bond donors (Lipinski definition) is 0. The Hall–Kier alpha value is -1.25. The Kier molecular flexibility index (Phi) is 3.12. The van der Waals surface area contributed by atoms with Crippen LogP contribution in [0.2, 0.25) is 0 Å². The highest BCUT2D eigenvalue weighted by molar-refractivity contribution is 5.95. The second-order valence-electron chi connectivity index (χ2n) is 3.26. The zero-order chi connectivity index (χ0) is 9.84. The fraction of sp³-hybridized carbons (Fsp3) is 0.500. The minimum absolute atomic E-state index is 0.0929. The Balaban J connectivity index is 2.87. The summed E-state index contributed by atoms with van der Waals surface area (Å²) in [5, 5.41) is 0. The van der Waals surface area contributed by atoms with Gasteiger partial charge in [0.25, 0.3) is 0 Å². The number of ketones is 1. The maximum absolute atomic E-state index is 11.2. The average Bonchev–Trinajstić information content (AvgIpc) is 2.17. The molecule has 0 amide bonds. The van der Waals surface area contributed by atoms with Crippen molar-refractivity contribution in [2.75, 3.05) is 0 Å². The number of hydrogen-bond acceptors (Lipinski definition) is 3. The molecular weight excluding hydrogens is 164 g/mol. The van der Waals surface area contributed by atoms with Gasteiger partial charge in [-0.15, -0.1) is 0 Å². The molecule has 3 nitrogen and oxygen atoms in total. The van der Waals surface area contributed by atoms with Crippen molar-refractivity contribution in [1.29, 1.82) is 0 Å². The molecule has 1 aromatic heterocycles. The van der Waals surface area contributed by atoms with Crippen LogP contribution in [0.25, 0.3) is 0 Å². The standard InChI is InChI=1S/C10H14N2O/c1-4-9(13)8-5-11-10(7(2)3)12-6-8/h5-7H,4H2,1-3H3. The van der Waals surface area contributed by atoms with Crippen molar-refractivity contribution in [3.05, 3.63) is 23.8 Å². The van der Waals surface area contributed by atoms with Crippen molar-refractivity contribution in [3.63, 3.8) is 0 Å². The first-order chi connectivity index (χ1) is 6.15. The zero-order valence-electron chi connectivity index (χ0n) is 8.24. The highest BCUT2D eigenvalue weighted by Gasteiger charge is 2.06. The number of carbonyl (C=O) groups excluding carboxylic acids is 1. The predicted octanol–water partition coefficient (Wildman–Crippen LogP) is 2.19. The van der Waals surface area contributed by atoms with Gasteiger partial charge in [-0.2, -0.15) is 0 Å². The molecule has 0 spiro atoms. The van der Waals surface area contributed by atoms with Crippen LogP contribution < -0.4 is 0 Å². The fourth-order valence-electron chi connectivity index (χ4n) is 0.984. The minimum atomic E-state index is 0.0929. The van der Waals surface area contributed by atoms with E-state index < -0.39 is 0 Å². The first-order valence-corrected chi connectivity index (χ1v) is 4.50. The maximum Gasteiger partial charge on any atom is 0.165 e. The second kappa shape index (κ2) is 4.12. The van der Waals surface area contributed by atoms with Crippen molar-refractivity contribution < 1.29 is 4.79 Å². The van der Waals surface area contributed by atoms with Gasteiger partial charge in [0.05, 0.1) is 5.56 Å². The van der Waals surface area contributed by atoms with Crippen LogP contribution in [-0.4, -0.2) is 15.8 Å². The van der Waals surface area contributed by atoms with Crippen molar-refractivity contribution in [3.8, 4) is 0 Å². The molecule has 0 aliphatic carbocycles. The molecule has 0 saturated carbocycles. The van der Waals surface area contributed by atoms with Crippen molar-refractivity contribution in [2.45, 2.75) is 33.1 Å². The first-order valence-electron chi connectivity index (χ1n) is 4.50. The van der Waals surface area contributed by atoms with Gasteiger partial charge < -0.3 is 0 Å². The predicted molar refractivity (Wildman–Crippen MR) is 50.7 cm³/mol. The number of rotatable bonds is 3. The molecule has 3 heteroatoms. The van der Waals surface area contributed by atoms with Gasteiger partial charge in [-0.05, 0) is 0 Å². The van der Waals surface area contributed by atoms with Crippen molar-refractivity contribution in [2.24, 2.45) is 0 Å². The molecular formula is C10H14N2O. The van der Waals surface area contributed by atoms with Gasteiger partial charge in [0.15, 0.2) is 5.78 Å². The molecule has 0 radical (unpaired) electrons. The summed E-state index contributed by atoms with van der Waals surface area (Å²) in [4.78, 5) is 19.4. The van der Waals surface area contributed by atoms with Crippen LogP contribution in [-0.2, 0) is 0 Å². The van der Waals surface area contributed by atoms with Gasteiger partial charge in [-0.25, -0.2) is 9.97 Å². The molecule has 1 heterocycles. The SMILES string of the molecule is CCC(=O)c1cnc(C(C)C)nc1. The highest BCUT2D eigenvalue weighted by Crippen LogP contribution is 2.08. The number of aromatic nitrogens is 2. The summed E-state index contributed by atoms with van der Waals surface area (Å²) in [6.07, 6.45) is 3.71. The summed E-state index contributed by atoms with van der Waals surface area (Å²) in [7, 11) is 0. The number of carbonyl (C=O) groups is 1. The highest BCUT2D eigenvalue weighted by atomic mass is 16.1. The molecule has 0 aliphatic heterocycles. The molecule has 0 aromatic carbocycles. The lowest BCUT2D eigenvalue weighted by Crippen LogP contribution is -2.02. The van der Waals surface area contributed by atoms with E-state index in [1.165, 1.54) is 0 Å². The van der Waals surface area contributed by atoms with E-state index in [-0.39, 0.29) is 5.78 Å². The van der Waals surface area contributed by atoms with Gasteiger partial charge in [0, 0.05) is 24.7 Å². The molecule has 70 valence electrons. The Morgan fingerprint density at radius 2 is 1.92 bits per heavy atom. The second-order valence-corrected chi connectivity index (χ2v) is 3.26. The molecule has 0 fully saturated rings. The van der Waals surface area contributed by atoms with Crippen LogP contribution in [0, 0.1) is 0 Å². The molecule has 1 aromatic rings. The van der Waals surface area contributed by atoms with Crippen LogP contribution >= 0.6 is 0 Å². The number of Topliss-reactive ketones (excluding diaryl/α,β-unsaturated/α-hetero) is 1. The van der Waals surface area contributed by atoms with E-state index in [1.807, 2.05) is 20.8 Å². The Morgan fingerprint density at radius 1 is 1.38 bits per heavy atom. The van der Waals surface area contributed by atoms with E-state index in [4.69, 9.17) is 0 Å². The Labute approximate surface area is 78.2 Å². The molecule has 0 unspecified atom stereocenters. The van der Waals surface area contributed by atoms with E-state index in [9.17, 15) is 4.79 Å². The van der Waals surface area contributed by atoms with E-state index in [1.54, 1.807) is 12.4 Å². The van der Waals surface area contributed by atoms with Gasteiger partial charge in [0.1, 0.15) is 5.82 Å². The van der Waals surface area contributed by atoms with Crippen LogP contribution in [0.3, 0.4) is 0 Å². The van der Waals surface area contributed by atoms with E-state index in [0.717, 1.165) is 5.82 Å². The van der Waals surface area contributed by atoms with Crippen LogP contribution in [0.15, 0.2) is 12.4 Å². The topological polar surface area (TPSA) is 42.9 Å². The molecule has 0 saturated heterocycles. The van der Waals surface area contributed by atoms with E-state index in [0.29, 0.717) is 17.9 Å². The van der Waals surface area contributed by atoms with E-state index >= 15 is 0 Å². The maximum atomic E-state index is 11.2. The lowest BCUT2D eigenvalue weighted by molar-refractivity contribution is 0.0987. The Bertz CT molecular complexity index is 290. The molecule has 0 aliphatic rings. The van der Waals surface area contributed by atoms with Crippen molar-refractivity contribution >= 4 is 5.78 Å². The average molecular weight is 178 g/mol. The van der Waals surface area contributed by atoms with Crippen LogP contribution in [0.5, 0.6) is 0 Å². The summed E-state index contributed by atoms with van der Waals surface area (Å²) in [6, 6.07) is 0. The largest absolute Gasteiger partial charge is 0.294 e. The van der Waals surface area contributed by atoms with Gasteiger partial charge in [-0.1, -0.05) is 20.8 Å². The van der Waals surface area contributed by atoms with Gasteiger partial charge in [-0.3, -0.25) is 4.79 Å². The summed E-state index contributed by atoms with van der Waals surface area (Å²) in [6.45, 7) is 5.88. The molecule has 13 heavy (non-hydrogen) atoms. The lowest BCUT2D eigenvalue weighted by Gasteiger charge is -2.02. The summed E-state index contributed by atoms with van der Waals surface area (Å²) in [5.74, 6) is 1.19. The third kappa shape index (κ3) is 2.34.